The molecule has 1 aromatic rings. The summed E-state index contributed by atoms with van der Waals surface area (Å²) in [5.74, 6) is -2.77. The smallest absolute Gasteiger partial charge is 0.480 e. The lowest BCUT2D eigenvalue weighted by molar-refractivity contribution is -0.141. The predicted molar refractivity (Wildman–Crippen MR) is 73.8 cm³/mol. The Morgan fingerprint density at radius 3 is 2.50 bits per heavy atom. The van der Waals surface area contributed by atoms with Gasteiger partial charge in [0.25, 0.3) is 0 Å². The van der Waals surface area contributed by atoms with E-state index in [9.17, 15) is 35.9 Å². The summed E-state index contributed by atoms with van der Waals surface area (Å²) in [5.41, 5.74) is -7.45. The highest BCUT2D eigenvalue weighted by atomic mass is 32.2. The van der Waals surface area contributed by atoms with Gasteiger partial charge in [-0.3, -0.25) is 4.79 Å². The van der Waals surface area contributed by atoms with Gasteiger partial charge < -0.3 is 9.29 Å². The largest absolute Gasteiger partial charge is 0.534 e. The zero-order valence-corrected chi connectivity index (χ0v) is 13.0. The van der Waals surface area contributed by atoms with E-state index in [0.29, 0.717) is 0 Å². The van der Waals surface area contributed by atoms with Crippen LogP contribution in [-0.2, 0) is 24.5 Å². The molecule has 0 saturated heterocycles. The van der Waals surface area contributed by atoms with Crippen molar-refractivity contribution in [3.05, 3.63) is 47.0 Å². The van der Waals surface area contributed by atoms with Crippen molar-refractivity contribution >= 4 is 16.1 Å². The lowest BCUT2D eigenvalue weighted by Gasteiger charge is -2.24. The van der Waals surface area contributed by atoms with Gasteiger partial charge in [0.2, 0.25) is 0 Å². The molecule has 1 aliphatic rings. The van der Waals surface area contributed by atoms with Gasteiger partial charge in [0.1, 0.15) is 17.0 Å². The summed E-state index contributed by atoms with van der Waals surface area (Å²) < 4.78 is 76.9. The fourth-order valence-corrected chi connectivity index (χ4v) is 3.09. The molecule has 0 amide bonds. The highest BCUT2D eigenvalue weighted by molar-refractivity contribution is 7.87. The molecular weight excluding hydrogens is 356 g/mol. The fraction of sp³-hybridized carbons (Fsp3) is 0.357. The maximum atomic E-state index is 13.7. The molecule has 24 heavy (non-hydrogen) atoms. The van der Waals surface area contributed by atoms with Crippen LogP contribution in [0.15, 0.2) is 30.0 Å². The molecule has 1 N–H and O–H groups in total. The molecule has 1 aromatic carbocycles. The zero-order valence-electron chi connectivity index (χ0n) is 12.2. The molecule has 0 aromatic heterocycles. The molecule has 0 saturated carbocycles. The Kier molecular flexibility index (Phi) is 4.38. The summed E-state index contributed by atoms with van der Waals surface area (Å²) in [7, 11) is -5.89. The number of alkyl halides is 3. The van der Waals surface area contributed by atoms with Crippen LogP contribution in [0.2, 0.25) is 0 Å². The van der Waals surface area contributed by atoms with Gasteiger partial charge in [0, 0.05) is 6.42 Å². The molecule has 5 nitrogen and oxygen atoms in total. The Bertz CT molecular complexity index is 813. The van der Waals surface area contributed by atoms with E-state index >= 15 is 0 Å². The number of hydrogen-bond donors (Lipinski definition) is 1. The molecule has 0 bridgehead atoms. The summed E-state index contributed by atoms with van der Waals surface area (Å²) in [6.07, 6.45) is 0.188. The minimum Gasteiger partial charge on any atom is -0.480 e. The van der Waals surface area contributed by atoms with E-state index in [-0.39, 0.29) is 24.0 Å². The standard InChI is InChI=1S/C14H12F4O5S/c1-8-10(3-2-4-11(8)15)13(12(19)20)6-5-9(7-13)23-24(21,22)14(16,17)18/h2-4,7H,5-6H2,1H3,(H,19,20)/t13-/m0/s1. The molecule has 1 atom stereocenters. The first kappa shape index (κ1) is 18.2. The minimum absolute atomic E-state index is 0.0103. The first-order chi connectivity index (χ1) is 10.9. The molecule has 132 valence electrons. The van der Waals surface area contributed by atoms with Gasteiger partial charge in [-0.2, -0.15) is 21.6 Å². The van der Waals surface area contributed by atoms with Gasteiger partial charge in [-0.25, -0.2) is 4.39 Å². The minimum atomic E-state index is -5.89. The normalized spacial score (nSPS) is 21.5. The average Bonchev–Trinajstić information content (AvgIpc) is 2.85. The third-order valence-corrected chi connectivity index (χ3v) is 4.80. The van der Waals surface area contributed by atoms with Crippen molar-refractivity contribution < 1.29 is 40.1 Å². The number of halogens is 4. The van der Waals surface area contributed by atoms with Crippen molar-refractivity contribution in [1.82, 2.24) is 0 Å². The van der Waals surface area contributed by atoms with Crippen molar-refractivity contribution in [2.45, 2.75) is 30.7 Å². The number of rotatable bonds is 4. The Morgan fingerprint density at radius 2 is 1.96 bits per heavy atom. The second kappa shape index (κ2) is 5.76. The van der Waals surface area contributed by atoms with Crippen molar-refractivity contribution in [3.8, 4) is 0 Å². The van der Waals surface area contributed by atoms with Gasteiger partial charge in [-0.1, -0.05) is 12.1 Å². The van der Waals surface area contributed by atoms with Crippen molar-refractivity contribution in [2.75, 3.05) is 0 Å². The number of aliphatic carboxylic acids is 1. The second-order valence-corrected chi connectivity index (χ2v) is 6.82. The number of benzene rings is 1. The van der Waals surface area contributed by atoms with E-state index < -0.39 is 38.6 Å². The Morgan fingerprint density at radius 1 is 1.33 bits per heavy atom. The average molecular weight is 368 g/mol. The molecule has 0 spiro atoms. The van der Waals surface area contributed by atoms with E-state index in [2.05, 4.69) is 4.18 Å². The van der Waals surface area contributed by atoms with Crippen LogP contribution in [0, 0.1) is 12.7 Å². The molecular formula is C14H12F4O5S. The predicted octanol–water partition coefficient (Wildman–Crippen LogP) is 3.00. The van der Waals surface area contributed by atoms with E-state index in [1.165, 1.54) is 19.1 Å². The van der Waals surface area contributed by atoms with Crippen LogP contribution in [0.4, 0.5) is 17.6 Å². The number of carbonyl (C=O) groups is 1. The number of carboxylic acids is 1. The van der Waals surface area contributed by atoms with E-state index in [1.807, 2.05) is 0 Å². The molecule has 0 fully saturated rings. The second-order valence-electron chi connectivity index (χ2n) is 5.28. The number of carboxylic acid groups (broad SMARTS) is 1. The molecule has 2 rings (SSSR count). The van der Waals surface area contributed by atoms with Gasteiger partial charge in [-0.15, -0.1) is 0 Å². The van der Waals surface area contributed by atoms with Crippen LogP contribution in [0.25, 0.3) is 0 Å². The van der Waals surface area contributed by atoms with Gasteiger partial charge in [0.05, 0.1) is 0 Å². The van der Waals surface area contributed by atoms with E-state index in [0.717, 1.165) is 12.1 Å². The monoisotopic (exact) mass is 368 g/mol. The van der Waals surface area contributed by atoms with Gasteiger partial charge in [-0.05, 0) is 36.6 Å². The van der Waals surface area contributed by atoms with Crippen molar-refractivity contribution in [2.24, 2.45) is 0 Å². The summed E-state index contributed by atoms with van der Waals surface area (Å²) in [4.78, 5) is 11.7. The van der Waals surface area contributed by atoms with Crippen molar-refractivity contribution in [1.29, 1.82) is 0 Å². The third kappa shape index (κ3) is 2.97. The van der Waals surface area contributed by atoms with Crippen LogP contribution in [-0.4, -0.2) is 25.0 Å². The highest BCUT2D eigenvalue weighted by Gasteiger charge is 2.51. The van der Waals surface area contributed by atoms with Gasteiger partial charge >= 0.3 is 21.6 Å². The Balaban J connectivity index is 2.50. The molecule has 10 heteroatoms. The van der Waals surface area contributed by atoms with E-state index in [1.54, 1.807) is 0 Å². The fourth-order valence-electron chi connectivity index (χ4n) is 2.58. The maximum Gasteiger partial charge on any atom is 0.534 e. The summed E-state index contributed by atoms with van der Waals surface area (Å²) >= 11 is 0. The molecule has 0 heterocycles. The maximum absolute atomic E-state index is 13.7. The molecule has 0 radical (unpaired) electrons. The highest BCUT2D eigenvalue weighted by Crippen LogP contribution is 2.43. The van der Waals surface area contributed by atoms with Gasteiger partial charge in [0.15, 0.2) is 0 Å². The lowest BCUT2D eigenvalue weighted by atomic mass is 9.78. The summed E-state index contributed by atoms with van der Waals surface area (Å²) in [6, 6.07) is 3.70. The molecule has 1 aliphatic carbocycles. The number of allylic oxidation sites excluding steroid dienone is 1. The van der Waals surface area contributed by atoms with Crippen molar-refractivity contribution in [3.63, 3.8) is 0 Å². The third-order valence-electron chi connectivity index (χ3n) is 3.80. The van der Waals surface area contributed by atoms with Crippen LogP contribution in [0.1, 0.15) is 24.0 Å². The SMILES string of the molecule is Cc1c(F)cccc1[C@@]1(C(=O)O)C=C(OS(=O)(=O)C(F)(F)F)CC1. The summed E-state index contributed by atoms with van der Waals surface area (Å²) in [6.45, 7) is 1.33. The Hall–Kier alpha value is -2.10. The lowest BCUT2D eigenvalue weighted by Crippen LogP contribution is -2.32. The first-order valence-corrected chi connectivity index (χ1v) is 8.03. The van der Waals surface area contributed by atoms with Crippen LogP contribution < -0.4 is 0 Å². The molecule has 0 unspecified atom stereocenters. The molecule has 0 aliphatic heterocycles. The van der Waals surface area contributed by atoms with Crippen LogP contribution in [0.5, 0.6) is 0 Å². The Labute approximate surface area is 134 Å². The van der Waals surface area contributed by atoms with Crippen LogP contribution in [0.3, 0.4) is 0 Å². The van der Waals surface area contributed by atoms with Crippen LogP contribution >= 0.6 is 0 Å². The summed E-state index contributed by atoms with van der Waals surface area (Å²) in [5, 5.41) is 9.51. The quantitative estimate of drug-likeness (QED) is 0.502. The zero-order chi connectivity index (χ0) is 18.3. The number of hydrogen-bond acceptors (Lipinski definition) is 4. The van der Waals surface area contributed by atoms with E-state index in [4.69, 9.17) is 0 Å². The topological polar surface area (TPSA) is 80.7 Å². The first-order valence-electron chi connectivity index (χ1n) is 6.62.